The number of rotatable bonds is 6. The number of carbonyl (C=O) groups excluding carboxylic acids is 4. The maximum atomic E-state index is 12.1. The summed E-state index contributed by atoms with van der Waals surface area (Å²) in [6.07, 6.45) is 5.20. The van der Waals surface area contributed by atoms with Crippen molar-refractivity contribution >= 4 is 37.8 Å². The van der Waals surface area contributed by atoms with Crippen LogP contribution in [0.2, 0.25) is 0 Å². The molecule has 4 rings (SSSR count). The highest BCUT2D eigenvalue weighted by molar-refractivity contribution is 7.71. The number of carbonyl (C=O) groups is 4. The second-order valence-electron chi connectivity index (χ2n) is 8.34. The molecule has 0 amide bonds. The number of hydrogen-bond donors (Lipinski definition) is 4. The molecule has 0 fully saturated rings. The molecule has 0 spiro atoms. The zero-order valence-corrected chi connectivity index (χ0v) is 21.6. The summed E-state index contributed by atoms with van der Waals surface area (Å²) in [7, 11) is -10.2. The maximum absolute atomic E-state index is 12.1. The summed E-state index contributed by atoms with van der Waals surface area (Å²) in [5.41, 5.74) is -1.22. The quantitative estimate of drug-likeness (QED) is 0.310. The van der Waals surface area contributed by atoms with Crippen LogP contribution in [0.4, 0.5) is 0 Å². The molecule has 2 aromatic rings. The Morgan fingerprint density at radius 3 is 1.65 bits per heavy atom. The van der Waals surface area contributed by atoms with Crippen molar-refractivity contribution in [2.45, 2.75) is 20.8 Å². The molecule has 0 unspecified atom stereocenters. The van der Waals surface area contributed by atoms with Crippen LogP contribution in [-0.4, -0.2) is 42.2 Å². The van der Waals surface area contributed by atoms with Crippen LogP contribution in [0.15, 0.2) is 71.3 Å². The first kappa shape index (κ1) is 28.2. The highest BCUT2D eigenvalue weighted by atomic mass is 31.2. The van der Waals surface area contributed by atoms with Crippen LogP contribution in [-0.2, 0) is 13.9 Å². The number of hydrogen-bond acceptors (Lipinski definition) is 6. The Balaban J connectivity index is 0.000000212. The number of ketones is 2. The van der Waals surface area contributed by atoms with Gasteiger partial charge in [-0.2, -0.15) is 0 Å². The molecule has 192 valence electrons. The lowest BCUT2D eigenvalue weighted by atomic mass is 9.75. The van der Waals surface area contributed by atoms with Crippen molar-refractivity contribution in [3.63, 3.8) is 0 Å². The molecule has 37 heavy (non-hydrogen) atoms. The zero-order chi connectivity index (χ0) is 27.9. The summed E-state index contributed by atoms with van der Waals surface area (Å²) in [6, 6.07) is 10.3. The van der Waals surface area contributed by atoms with Crippen LogP contribution in [0, 0.1) is 20.8 Å². The lowest BCUT2D eigenvalue weighted by molar-refractivity contribution is -0.112. The standard InChI is InChI=1S/C14H8O2.C11H14O8P2/c15-13(9-5-2-1-3-6-9)12-10-7-4-8-11(12)14(10)16;1-5-4-6(2)9(11(13)21(17,18)19)7(3)8(5)10(12)20(14,15)16/h1-8H;4H,1-3H3,(H2,14,15,16)(H2,17,18,19). The molecule has 2 bridgehead atoms. The summed E-state index contributed by atoms with van der Waals surface area (Å²) >= 11 is 0. The van der Waals surface area contributed by atoms with Gasteiger partial charge in [-0.05, 0) is 37.5 Å². The Morgan fingerprint density at radius 2 is 1.27 bits per heavy atom. The maximum Gasteiger partial charge on any atom is 0.396 e. The lowest BCUT2D eigenvalue weighted by Crippen LogP contribution is -2.28. The number of aryl methyl sites for hydroxylation is 2. The largest absolute Gasteiger partial charge is 0.396 e. The minimum absolute atomic E-state index is 0.0122. The first-order valence-corrected chi connectivity index (χ1v) is 13.9. The van der Waals surface area contributed by atoms with E-state index >= 15 is 0 Å². The minimum atomic E-state index is -5.08. The summed E-state index contributed by atoms with van der Waals surface area (Å²) in [5.74, 6) is -0.0763. The monoisotopic (exact) mass is 544 g/mol. The van der Waals surface area contributed by atoms with Gasteiger partial charge < -0.3 is 19.6 Å². The van der Waals surface area contributed by atoms with Crippen LogP contribution in [0.3, 0.4) is 0 Å². The van der Waals surface area contributed by atoms with Gasteiger partial charge in [0.25, 0.3) is 11.0 Å². The highest BCUT2D eigenvalue weighted by Gasteiger charge is 2.38. The van der Waals surface area contributed by atoms with Gasteiger partial charge in [0.1, 0.15) is 0 Å². The predicted molar refractivity (Wildman–Crippen MR) is 133 cm³/mol. The Bertz CT molecular complexity index is 1490. The molecule has 2 aliphatic carbocycles. The van der Waals surface area contributed by atoms with E-state index in [-0.39, 0.29) is 28.3 Å². The predicted octanol–water partition coefficient (Wildman–Crippen LogP) is 3.49. The van der Waals surface area contributed by atoms with Gasteiger partial charge in [-0.25, -0.2) is 0 Å². The van der Waals surface area contributed by atoms with Crippen LogP contribution < -0.4 is 0 Å². The van der Waals surface area contributed by atoms with E-state index in [1.54, 1.807) is 30.4 Å². The van der Waals surface area contributed by atoms with Crippen LogP contribution in [0.25, 0.3) is 0 Å². The van der Waals surface area contributed by atoms with Gasteiger partial charge in [0.2, 0.25) is 0 Å². The summed E-state index contributed by atoms with van der Waals surface area (Å²) in [5, 5.41) is 0. The van der Waals surface area contributed by atoms with Crippen LogP contribution in [0.5, 0.6) is 0 Å². The normalized spacial score (nSPS) is 14.4. The average Bonchev–Trinajstić information content (AvgIpc) is 2.82. The summed E-state index contributed by atoms with van der Waals surface area (Å²) < 4.78 is 22.2. The van der Waals surface area contributed by atoms with E-state index in [9.17, 15) is 28.3 Å². The van der Waals surface area contributed by atoms with E-state index in [0.717, 1.165) is 0 Å². The minimum Gasteiger partial charge on any atom is -0.319 e. The van der Waals surface area contributed by atoms with E-state index in [1.807, 2.05) is 18.2 Å². The Morgan fingerprint density at radius 1 is 0.784 bits per heavy atom. The van der Waals surface area contributed by atoms with E-state index in [4.69, 9.17) is 19.6 Å². The van der Waals surface area contributed by atoms with E-state index in [1.165, 1.54) is 26.8 Å². The first-order chi connectivity index (χ1) is 17.1. The topological polar surface area (TPSA) is 183 Å². The van der Waals surface area contributed by atoms with Gasteiger partial charge in [-0.1, -0.05) is 54.6 Å². The third-order valence-electron chi connectivity index (χ3n) is 5.75. The first-order valence-electron chi connectivity index (χ1n) is 10.7. The van der Waals surface area contributed by atoms with Gasteiger partial charge in [0.15, 0.2) is 11.6 Å². The average molecular weight is 544 g/mol. The van der Waals surface area contributed by atoms with Crippen molar-refractivity contribution in [1.29, 1.82) is 0 Å². The van der Waals surface area contributed by atoms with Crippen molar-refractivity contribution in [3.05, 3.63) is 105 Å². The molecule has 0 aliphatic heterocycles. The van der Waals surface area contributed by atoms with Crippen molar-refractivity contribution < 1.29 is 47.9 Å². The van der Waals surface area contributed by atoms with Crippen LogP contribution in [0.1, 0.15) is 47.8 Å². The molecule has 0 radical (unpaired) electrons. The molecule has 0 saturated carbocycles. The number of allylic oxidation sites excluding steroid dienone is 6. The van der Waals surface area contributed by atoms with Crippen LogP contribution >= 0.6 is 15.2 Å². The summed E-state index contributed by atoms with van der Waals surface area (Å²) in [6.45, 7) is 4.04. The van der Waals surface area contributed by atoms with Crippen molar-refractivity contribution in [2.75, 3.05) is 0 Å². The fourth-order valence-corrected chi connectivity index (χ4v) is 5.40. The second kappa shape index (κ2) is 10.2. The van der Waals surface area contributed by atoms with Gasteiger partial charge in [-0.15, -0.1) is 0 Å². The number of Topliss-reactive ketones (excluding diaryl/α,β-unsaturated/α-hetero) is 2. The Kier molecular flexibility index (Phi) is 7.77. The second-order valence-corrected chi connectivity index (χ2v) is 11.3. The molecule has 0 saturated heterocycles. The van der Waals surface area contributed by atoms with E-state index in [2.05, 4.69) is 0 Å². The molecule has 12 heteroatoms. The molecule has 2 aromatic carbocycles. The molecule has 4 N–H and O–H groups in total. The highest BCUT2D eigenvalue weighted by Crippen LogP contribution is 2.45. The van der Waals surface area contributed by atoms with E-state index < -0.39 is 37.4 Å². The SMILES string of the molecule is Cc1cc(C)c(C(=O)P(=O)(O)O)c(C)c1C(=O)P(=O)(O)O.O=C1c2cccc1c2C(=O)c1ccccc1. The van der Waals surface area contributed by atoms with E-state index in [0.29, 0.717) is 22.3 Å². The Hall–Kier alpha value is -3.36. The van der Waals surface area contributed by atoms with Gasteiger partial charge in [-0.3, -0.25) is 28.3 Å². The molecular formula is C25H22O10P2. The summed E-state index contributed by atoms with van der Waals surface area (Å²) in [4.78, 5) is 83.0. The van der Waals surface area contributed by atoms with Crippen molar-refractivity contribution in [1.82, 2.24) is 0 Å². The molecule has 0 aromatic heterocycles. The molecule has 10 nitrogen and oxygen atoms in total. The molecule has 0 atom stereocenters. The van der Waals surface area contributed by atoms with Gasteiger partial charge in [0.05, 0.1) is 0 Å². The third-order valence-corrected chi connectivity index (χ3v) is 7.25. The molecular weight excluding hydrogens is 522 g/mol. The molecule has 2 aliphatic rings. The third kappa shape index (κ3) is 5.50. The van der Waals surface area contributed by atoms with Gasteiger partial charge in [0, 0.05) is 33.4 Å². The van der Waals surface area contributed by atoms with Crippen molar-refractivity contribution in [3.8, 4) is 0 Å². The lowest BCUT2D eigenvalue weighted by Gasteiger charge is -2.25. The molecule has 0 heterocycles. The fourth-order valence-electron chi connectivity index (χ4n) is 4.13. The van der Waals surface area contributed by atoms with Gasteiger partial charge >= 0.3 is 15.2 Å². The number of benzene rings is 2. The van der Waals surface area contributed by atoms with Crippen molar-refractivity contribution in [2.24, 2.45) is 0 Å². The smallest absolute Gasteiger partial charge is 0.319 e. The fraction of sp³-hybridized carbons (Fsp3) is 0.120. The Labute approximate surface area is 211 Å². The zero-order valence-electron chi connectivity index (χ0n) is 19.8. The number of fused-ring (bicyclic) bond motifs is 2.